The number of benzene rings is 1. The molecule has 0 unspecified atom stereocenters. The fourth-order valence-corrected chi connectivity index (χ4v) is 2.87. The lowest BCUT2D eigenvalue weighted by atomic mass is 10.2. The van der Waals surface area contributed by atoms with E-state index in [0.717, 1.165) is 27.2 Å². The molecule has 0 aliphatic heterocycles. The van der Waals surface area contributed by atoms with Gasteiger partial charge in [-0.25, -0.2) is 4.98 Å². The highest BCUT2D eigenvalue weighted by Crippen LogP contribution is 2.22. The van der Waals surface area contributed by atoms with E-state index in [0.29, 0.717) is 5.56 Å². The number of nitrogens with zero attached hydrogens (tertiary/aromatic N) is 2. The number of hydrogen-bond acceptors (Lipinski definition) is 3. The molecule has 19 heavy (non-hydrogen) atoms. The fraction of sp³-hybridized carbons (Fsp3) is 0.286. The van der Waals surface area contributed by atoms with Crippen LogP contribution in [0.4, 0.5) is 0 Å². The molecule has 0 atom stereocenters. The van der Waals surface area contributed by atoms with E-state index in [9.17, 15) is 4.79 Å². The molecule has 5 heteroatoms. The lowest BCUT2D eigenvalue weighted by molar-refractivity contribution is 0.689. The normalized spacial score (nSPS) is 10.7. The van der Waals surface area contributed by atoms with Crippen LogP contribution in [0.2, 0.25) is 5.02 Å². The van der Waals surface area contributed by atoms with E-state index in [1.165, 1.54) is 11.8 Å². The molecule has 2 aromatic rings. The third-order valence-corrected chi connectivity index (χ3v) is 4.31. The molecule has 0 N–H and O–H groups in total. The number of halogens is 1. The highest BCUT2D eigenvalue weighted by Gasteiger charge is 2.08. The van der Waals surface area contributed by atoms with Crippen LogP contribution in [-0.2, 0) is 12.8 Å². The second kappa shape index (κ2) is 5.80. The van der Waals surface area contributed by atoms with E-state index >= 15 is 0 Å². The van der Waals surface area contributed by atoms with Crippen LogP contribution in [0.3, 0.4) is 0 Å². The molecule has 0 amide bonds. The summed E-state index contributed by atoms with van der Waals surface area (Å²) in [5.74, 6) is 0.739. The number of aromatic nitrogens is 2. The molecular weight excluding hydrogens is 280 g/mol. The average molecular weight is 295 g/mol. The summed E-state index contributed by atoms with van der Waals surface area (Å²) in [6, 6.07) is 7.70. The molecule has 0 aliphatic carbocycles. The monoisotopic (exact) mass is 294 g/mol. The van der Waals surface area contributed by atoms with Crippen LogP contribution in [0, 0.1) is 13.8 Å². The van der Waals surface area contributed by atoms with Crippen LogP contribution in [0.5, 0.6) is 0 Å². The molecule has 0 saturated heterocycles. The van der Waals surface area contributed by atoms with E-state index in [4.69, 9.17) is 11.6 Å². The van der Waals surface area contributed by atoms with Crippen molar-refractivity contribution in [3.8, 4) is 0 Å². The van der Waals surface area contributed by atoms with E-state index in [1.54, 1.807) is 18.5 Å². The summed E-state index contributed by atoms with van der Waals surface area (Å²) in [7, 11) is 1.75. The standard InChI is InChI=1S/C14H15ClN2OS/c1-9-10(2)16-14(17(3)13(9)18)19-8-11-5-4-6-12(15)7-11/h4-7H,8H2,1-3H3. The highest BCUT2D eigenvalue weighted by molar-refractivity contribution is 7.98. The molecular formula is C14H15ClN2OS. The smallest absolute Gasteiger partial charge is 0.257 e. The SMILES string of the molecule is Cc1nc(SCc2cccc(Cl)c2)n(C)c(=O)c1C. The van der Waals surface area contributed by atoms with Crippen LogP contribution in [0.15, 0.2) is 34.2 Å². The van der Waals surface area contributed by atoms with Gasteiger partial charge in [-0.1, -0.05) is 35.5 Å². The van der Waals surface area contributed by atoms with E-state index in [1.807, 2.05) is 31.2 Å². The number of thioether (sulfide) groups is 1. The Balaban J connectivity index is 2.23. The molecule has 0 radical (unpaired) electrons. The molecule has 3 nitrogen and oxygen atoms in total. The summed E-state index contributed by atoms with van der Waals surface area (Å²) < 4.78 is 1.59. The Morgan fingerprint density at radius 2 is 2.11 bits per heavy atom. The van der Waals surface area contributed by atoms with Crippen molar-refractivity contribution in [2.75, 3.05) is 0 Å². The Hall–Kier alpha value is -1.26. The maximum Gasteiger partial charge on any atom is 0.257 e. The van der Waals surface area contributed by atoms with Gasteiger partial charge in [0.05, 0.1) is 0 Å². The van der Waals surface area contributed by atoms with Crippen molar-refractivity contribution in [1.82, 2.24) is 9.55 Å². The van der Waals surface area contributed by atoms with Gasteiger partial charge in [0.1, 0.15) is 0 Å². The molecule has 2 rings (SSSR count). The van der Waals surface area contributed by atoms with Crippen molar-refractivity contribution >= 4 is 23.4 Å². The number of aryl methyl sites for hydroxylation is 1. The van der Waals surface area contributed by atoms with Crippen LogP contribution in [0.1, 0.15) is 16.8 Å². The van der Waals surface area contributed by atoms with Crippen molar-refractivity contribution in [1.29, 1.82) is 0 Å². The topological polar surface area (TPSA) is 34.9 Å². The van der Waals surface area contributed by atoms with E-state index in [2.05, 4.69) is 4.98 Å². The van der Waals surface area contributed by atoms with Crippen molar-refractivity contribution < 1.29 is 0 Å². The van der Waals surface area contributed by atoms with Gasteiger partial charge in [-0.3, -0.25) is 9.36 Å². The van der Waals surface area contributed by atoms with Crippen molar-refractivity contribution in [3.05, 3.63) is 56.5 Å². The van der Waals surface area contributed by atoms with Gasteiger partial charge in [-0.05, 0) is 31.5 Å². The van der Waals surface area contributed by atoms with Gasteiger partial charge in [-0.2, -0.15) is 0 Å². The molecule has 0 bridgehead atoms. The summed E-state index contributed by atoms with van der Waals surface area (Å²) in [6.45, 7) is 3.66. The quantitative estimate of drug-likeness (QED) is 0.643. The van der Waals surface area contributed by atoms with Gasteiger partial charge < -0.3 is 0 Å². The lowest BCUT2D eigenvalue weighted by Crippen LogP contribution is -2.23. The summed E-state index contributed by atoms with van der Waals surface area (Å²) in [5.41, 5.74) is 2.62. The molecule has 1 aromatic carbocycles. The van der Waals surface area contributed by atoms with Gasteiger partial charge in [0.25, 0.3) is 5.56 Å². The molecule has 100 valence electrons. The van der Waals surface area contributed by atoms with Gasteiger partial charge in [0.2, 0.25) is 0 Å². The maximum atomic E-state index is 12.0. The third kappa shape index (κ3) is 3.19. The zero-order valence-electron chi connectivity index (χ0n) is 11.1. The molecule has 0 fully saturated rings. The molecule has 0 spiro atoms. The Labute approximate surface area is 121 Å². The summed E-state index contributed by atoms with van der Waals surface area (Å²) >= 11 is 7.49. The third-order valence-electron chi connectivity index (χ3n) is 2.98. The van der Waals surface area contributed by atoms with Crippen molar-refractivity contribution in [2.45, 2.75) is 24.8 Å². The van der Waals surface area contributed by atoms with Crippen molar-refractivity contribution in [2.24, 2.45) is 7.05 Å². The maximum absolute atomic E-state index is 12.0. The van der Waals surface area contributed by atoms with Crippen LogP contribution in [-0.4, -0.2) is 9.55 Å². The Kier molecular flexibility index (Phi) is 4.32. The van der Waals surface area contributed by atoms with Crippen LogP contribution >= 0.6 is 23.4 Å². The predicted molar refractivity (Wildman–Crippen MR) is 80.0 cm³/mol. The summed E-state index contributed by atoms with van der Waals surface area (Å²) in [6.07, 6.45) is 0. The zero-order valence-corrected chi connectivity index (χ0v) is 12.7. The second-order valence-electron chi connectivity index (χ2n) is 4.39. The first-order valence-corrected chi connectivity index (χ1v) is 7.27. The average Bonchev–Trinajstić information content (AvgIpc) is 2.39. The first-order chi connectivity index (χ1) is 8.99. The minimum absolute atomic E-state index is 0.0149. The molecule has 1 aromatic heterocycles. The van der Waals surface area contributed by atoms with Crippen LogP contribution < -0.4 is 5.56 Å². The largest absolute Gasteiger partial charge is 0.291 e. The Bertz CT molecular complexity index is 667. The first-order valence-electron chi connectivity index (χ1n) is 5.90. The zero-order chi connectivity index (χ0) is 14.0. The second-order valence-corrected chi connectivity index (χ2v) is 5.77. The lowest BCUT2D eigenvalue weighted by Gasteiger charge is -2.09. The number of rotatable bonds is 3. The van der Waals surface area contributed by atoms with Gasteiger partial charge in [0.15, 0.2) is 5.16 Å². The minimum atomic E-state index is 0.0149. The van der Waals surface area contributed by atoms with Crippen molar-refractivity contribution in [3.63, 3.8) is 0 Å². The van der Waals surface area contributed by atoms with E-state index in [-0.39, 0.29) is 5.56 Å². The highest BCUT2D eigenvalue weighted by atomic mass is 35.5. The van der Waals surface area contributed by atoms with Gasteiger partial charge in [0, 0.05) is 29.1 Å². The summed E-state index contributed by atoms with van der Waals surface area (Å²) in [4.78, 5) is 16.4. The fourth-order valence-electron chi connectivity index (χ4n) is 1.70. The van der Waals surface area contributed by atoms with Crippen LogP contribution in [0.25, 0.3) is 0 Å². The first kappa shape index (κ1) is 14.2. The molecule has 1 heterocycles. The molecule has 0 aliphatic rings. The predicted octanol–water partition coefficient (Wildman–Crippen LogP) is 3.34. The number of hydrogen-bond donors (Lipinski definition) is 0. The van der Waals surface area contributed by atoms with Gasteiger partial charge in [-0.15, -0.1) is 0 Å². The van der Waals surface area contributed by atoms with Gasteiger partial charge >= 0.3 is 0 Å². The Morgan fingerprint density at radius 1 is 1.37 bits per heavy atom. The molecule has 0 saturated carbocycles. The van der Waals surface area contributed by atoms with E-state index < -0.39 is 0 Å². The minimum Gasteiger partial charge on any atom is -0.291 e. The summed E-state index contributed by atoms with van der Waals surface area (Å²) in [5, 5.41) is 1.45. The Morgan fingerprint density at radius 3 is 2.79 bits per heavy atom.